The molecule has 0 saturated carbocycles. The number of nitrogens with zero attached hydrogens (tertiary/aromatic N) is 3. The first-order valence-corrected chi connectivity index (χ1v) is 8.11. The van der Waals surface area contributed by atoms with Crippen LogP contribution in [0.2, 0.25) is 10.0 Å². The van der Waals surface area contributed by atoms with Crippen LogP contribution in [0.25, 0.3) is 16.9 Å². The van der Waals surface area contributed by atoms with Crippen LogP contribution >= 0.6 is 23.2 Å². The lowest BCUT2D eigenvalue weighted by atomic mass is 10.1. The highest BCUT2D eigenvalue weighted by Crippen LogP contribution is 2.24. The molecule has 1 heterocycles. The van der Waals surface area contributed by atoms with Gasteiger partial charge < -0.3 is 10.1 Å². The first-order chi connectivity index (χ1) is 12.1. The van der Waals surface area contributed by atoms with Crippen molar-refractivity contribution in [2.24, 2.45) is 0 Å². The molecular formula is C17H14Cl2N4O2. The fraction of sp³-hybridized carbons (Fsp3) is 0.118. The molecule has 128 valence electrons. The minimum absolute atomic E-state index is 0.255. The summed E-state index contributed by atoms with van der Waals surface area (Å²) in [5, 5.41) is 12.5. The molecule has 0 fully saturated rings. The van der Waals surface area contributed by atoms with Crippen molar-refractivity contribution in [1.82, 2.24) is 20.3 Å². The lowest BCUT2D eigenvalue weighted by molar-refractivity contribution is 0.170. The van der Waals surface area contributed by atoms with Crippen molar-refractivity contribution in [3.8, 4) is 16.9 Å². The molecule has 2 aromatic carbocycles. The van der Waals surface area contributed by atoms with Gasteiger partial charge in [-0.15, -0.1) is 5.10 Å². The molecule has 0 saturated heterocycles. The topological polar surface area (TPSA) is 69.0 Å². The molecule has 0 bridgehead atoms. The number of halogens is 2. The fourth-order valence-electron chi connectivity index (χ4n) is 2.20. The van der Waals surface area contributed by atoms with Gasteiger partial charge in [0.2, 0.25) is 0 Å². The molecule has 6 nitrogen and oxygen atoms in total. The molecule has 0 aliphatic rings. The zero-order valence-corrected chi connectivity index (χ0v) is 14.8. The maximum atomic E-state index is 11.2. The molecule has 1 amide bonds. The summed E-state index contributed by atoms with van der Waals surface area (Å²) >= 11 is 12.1. The largest absolute Gasteiger partial charge is 0.453 e. The van der Waals surface area contributed by atoms with Crippen LogP contribution in [0.4, 0.5) is 4.79 Å². The average molecular weight is 377 g/mol. The number of methoxy groups -OCH3 is 1. The van der Waals surface area contributed by atoms with E-state index in [9.17, 15) is 4.79 Å². The summed E-state index contributed by atoms with van der Waals surface area (Å²) in [6, 6.07) is 12.7. The van der Waals surface area contributed by atoms with Gasteiger partial charge in [-0.2, -0.15) is 9.90 Å². The molecule has 1 aromatic heterocycles. The van der Waals surface area contributed by atoms with Crippen molar-refractivity contribution >= 4 is 29.3 Å². The number of carbonyl (C=O) groups excluding carboxylic acids is 1. The van der Waals surface area contributed by atoms with Gasteiger partial charge in [0.05, 0.1) is 19.0 Å². The van der Waals surface area contributed by atoms with Crippen LogP contribution in [0.3, 0.4) is 0 Å². The van der Waals surface area contributed by atoms with Crippen molar-refractivity contribution in [2.75, 3.05) is 7.11 Å². The number of hydrogen-bond acceptors (Lipinski definition) is 4. The third-order valence-corrected chi connectivity index (χ3v) is 4.12. The average Bonchev–Trinajstić information content (AvgIpc) is 3.11. The number of nitrogens with one attached hydrogen (secondary N) is 1. The van der Waals surface area contributed by atoms with Gasteiger partial charge in [-0.05, 0) is 42.0 Å². The number of carbonyl (C=O) groups is 1. The Morgan fingerprint density at radius 3 is 2.68 bits per heavy atom. The molecule has 3 aromatic rings. The van der Waals surface area contributed by atoms with Crippen LogP contribution in [0.15, 0.2) is 48.7 Å². The summed E-state index contributed by atoms with van der Waals surface area (Å²) in [5.41, 5.74) is 3.08. The summed E-state index contributed by atoms with van der Waals surface area (Å²) in [7, 11) is 1.31. The van der Waals surface area contributed by atoms with Crippen molar-refractivity contribution in [3.05, 3.63) is 64.3 Å². The first-order valence-electron chi connectivity index (χ1n) is 7.36. The van der Waals surface area contributed by atoms with E-state index in [1.165, 1.54) is 11.9 Å². The summed E-state index contributed by atoms with van der Waals surface area (Å²) in [4.78, 5) is 12.7. The monoisotopic (exact) mass is 376 g/mol. The van der Waals surface area contributed by atoms with Crippen LogP contribution < -0.4 is 5.32 Å². The molecule has 8 heteroatoms. The van der Waals surface area contributed by atoms with Crippen LogP contribution in [0, 0.1) is 0 Å². The second-order valence-corrected chi connectivity index (χ2v) is 5.99. The minimum Gasteiger partial charge on any atom is -0.453 e. The van der Waals surface area contributed by atoms with Gasteiger partial charge in [-0.3, -0.25) is 0 Å². The Labute approximate surface area is 154 Å². The van der Waals surface area contributed by atoms with Gasteiger partial charge in [-0.25, -0.2) is 4.79 Å². The molecule has 0 spiro atoms. The van der Waals surface area contributed by atoms with Gasteiger partial charge in [0, 0.05) is 22.2 Å². The van der Waals surface area contributed by atoms with Crippen LogP contribution in [0.1, 0.15) is 5.56 Å². The number of aromatic nitrogens is 3. The van der Waals surface area contributed by atoms with E-state index in [0.29, 0.717) is 15.7 Å². The molecule has 3 rings (SSSR count). The minimum atomic E-state index is -0.518. The Hall–Kier alpha value is -2.57. The Morgan fingerprint density at radius 1 is 1.20 bits per heavy atom. The maximum absolute atomic E-state index is 11.2. The Morgan fingerprint density at radius 2 is 1.96 bits per heavy atom. The molecule has 0 aliphatic heterocycles. The van der Waals surface area contributed by atoms with E-state index in [-0.39, 0.29) is 6.54 Å². The third-order valence-electron chi connectivity index (χ3n) is 3.50. The SMILES string of the molecule is COC(=O)NCc1cc(-c2cnn(-c3ccc(Cl)cc3)n2)ccc1Cl. The molecule has 0 radical (unpaired) electrons. The summed E-state index contributed by atoms with van der Waals surface area (Å²) in [6.07, 6.45) is 1.14. The lowest BCUT2D eigenvalue weighted by Crippen LogP contribution is -2.22. The highest BCUT2D eigenvalue weighted by atomic mass is 35.5. The van der Waals surface area contributed by atoms with E-state index in [1.807, 2.05) is 24.3 Å². The van der Waals surface area contributed by atoms with E-state index >= 15 is 0 Å². The van der Waals surface area contributed by atoms with Crippen molar-refractivity contribution < 1.29 is 9.53 Å². The molecule has 0 aliphatic carbocycles. The molecule has 1 N–H and O–H groups in total. The van der Waals surface area contributed by atoms with Crippen molar-refractivity contribution in [3.63, 3.8) is 0 Å². The molecule has 0 atom stereocenters. The number of hydrogen-bond donors (Lipinski definition) is 1. The van der Waals surface area contributed by atoms with Gasteiger partial charge in [0.25, 0.3) is 0 Å². The van der Waals surface area contributed by atoms with Crippen LogP contribution in [0.5, 0.6) is 0 Å². The smallest absolute Gasteiger partial charge is 0.407 e. The Balaban J connectivity index is 1.84. The standard InChI is InChI=1S/C17H14Cl2N4O2/c1-25-17(24)20-9-12-8-11(2-7-15(12)19)16-10-21-23(22-16)14-5-3-13(18)4-6-14/h2-8,10H,9H2,1H3,(H,20,24). The van der Waals surface area contributed by atoms with E-state index in [2.05, 4.69) is 20.3 Å². The normalized spacial score (nSPS) is 10.5. The molecule has 0 unspecified atom stereocenters. The molecular weight excluding hydrogens is 363 g/mol. The second-order valence-electron chi connectivity index (χ2n) is 5.15. The quantitative estimate of drug-likeness (QED) is 0.744. The lowest BCUT2D eigenvalue weighted by Gasteiger charge is -2.07. The van der Waals surface area contributed by atoms with Gasteiger partial charge >= 0.3 is 6.09 Å². The highest BCUT2D eigenvalue weighted by molar-refractivity contribution is 6.31. The van der Waals surface area contributed by atoms with E-state index < -0.39 is 6.09 Å². The zero-order valence-electron chi connectivity index (χ0n) is 13.2. The number of amides is 1. The van der Waals surface area contributed by atoms with Crippen LogP contribution in [-0.4, -0.2) is 28.2 Å². The number of benzene rings is 2. The van der Waals surface area contributed by atoms with Crippen molar-refractivity contribution in [1.29, 1.82) is 0 Å². The maximum Gasteiger partial charge on any atom is 0.407 e. The number of ether oxygens (including phenoxy) is 1. The summed E-state index contributed by atoms with van der Waals surface area (Å²) in [5.74, 6) is 0. The van der Waals surface area contributed by atoms with Crippen molar-refractivity contribution in [2.45, 2.75) is 6.54 Å². The van der Waals surface area contributed by atoms with Gasteiger partial charge in [0.1, 0.15) is 5.69 Å². The summed E-state index contributed by atoms with van der Waals surface area (Å²) < 4.78 is 4.56. The van der Waals surface area contributed by atoms with E-state index in [1.54, 1.807) is 24.4 Å². The van der Waals surface area contributed by atoms with Crippen LogP contribution in [-0.2, 0) is 11.3 Å². The predicted molar refractivity (Wildman–Crippen MR) is 96.1 cm³/mol. The molecule has 25 heavy (non-hydrogen) atoms. The summed E-state index contributed by atoms with van der Waals surface area (Å²) in [6.45, 7) is 0.255. The fourth-order valence-corrected chi connectivity index (χ4v) is 2.51. The zero-order chi connectivity index (χ0) is 17.8. The first kappa shape index (κ1) is 17.3. The second kappa shape index (κ2) is 7.55. The van der Waals surface area contributed by atoms with E-state index in [4.69, 9.17) is 23.2 Å². The number of alkyl carbamates (subject to hydrolysis) is 1. The van der Waals surface area contributed by atoms with Gasteiger partial charge in [-0.1, -0.05) is 29.3 Å². The van der Waals surface area contributed by atoms with E-state index in [0.717, 1.165) is 16.8 Å². The third kappa shape index (κ3) is 4.10. The number of rotatable bonds is 4. The Bertz CT molecular complexity index is 894. The highest BCUT2D eigenvalue weighted by Gasteiger charge is 2.09. The predicted octanol–water partition coefficient (Wildman–Crippen LogP) is 4.10. The van der Waals surface area contributed by atoms with Gasteiger partial charge in [0.15, 0.2) is 0 Å². The Kier molecular flexibility index (Phi) is 5.21.